The van der Waals surface area contributed by atoms with E-state index in [1.54, 1.807) is 25.6 Å². The van der Waals surface area contributed by atoms with E-state index in [9.17, 15) is 9.18 Å². The Balaban J connectivity index is 1.50. The zero-order valence-electron chi connectivity index (χ0n) is 19.6. The summed E-state index contributed by atoms with van der Waals surface area (Å²) in [6, 6.07) is 12.5. The monoisotopic (exact) mass is 458 g/mol. The number of fused-ring (bicyclic) bond motifs is 1. The van der Waals surface area contributed by atoms with Gasteiger partial charge in [0.1, 0.15) is 17.4 Å². The van der Waals surface area contributed by atoms with Crippen LogP contribution in [0.25, 0.3) is 11.8 Å². The molecule has 1 amide bonds. The molecule has 174 valence electrons. The first-order valence-corrected chi connectivity index (χ1v) is 11.5. The molecule has 0 N–H and O–H groups in total. The van der Waals surface area contributed by atoms with E-state index in [0.29, 0.717) is 25.8 Å². The molecule has 3 aromatic rings. The summed E-state index contributed by atoms with van der Waals surface area (Å²) in [7, 11) is 1.65. The van der Waals surface area contributed by atoms with Crippen LogP contribution < -0.4 is 4.74 Å². The highest BCUT2D eigenvalue weighted by Crippen LogP contribution is 2.42. The van der Waals surface area contributed by atoms with Crippen LogP contribution in [0.5, 0.6) is 5.75 Å². The standard InChI is InChI=1S/C27H27FN4O2/c1-4-27(21-7-9-22(28)10-8-21)16-29-26-20(6-12-25(33)32(26)27)13-19-5-11-23(24(14-19)34-3)31-15-18(2)30-17-31/h5,7-11,13-15,17H,4,6,12,16H2,1-3H3/b20-13+. The molecular weight excluding hydrogens is 431 g/mol. The molecule has 1 aromatic heterocycles. The van der Waals surface area contributed by atoms with Gasteiger partial charge < -0.3 is 9.30 Å². The lowest BCUT2D eigenvalue weighted by Crippen LogP contribution is -2.52. The first-order valence-electron chi connectivity index (χ1n) is 11.5. The maximum atomic E-state index is 13.6. The Bertz CT molecular complexity index is 1310. The number of amides is 1. The number of imidazole rings is 1. The van der Waals surface area contributed by atoms with Gasteiger partial charge in [-0.3, -0.25) is 14.7 Å². The summed E-state index contributed by atoms with van der Waals surface area (Å²) in [6.07, 6.45) is 7.54. The van der Waals surface area contributed by atoms with Crippen LogP contribution in [-0.2, 0) is 10.3 Å². The lowest BCUT2D eigenvalue weighted by molar-refractivity contribution is -0.132. The third-order valence-electron chi connectivity index (χ3n) is 6.78. The van der Waals surface area contributed by atoms with Crippen LogP contribution in [0.2, 0.25) is 0 Å². The zero-order valence-corrected chi connectivity index (χ0v) is 19.6. The van der Waals surface area contributed by atoms with Gasteiger partial charge in [0, 0.05) is 12.6 Å². The maximum Gasteiger partial charge on any atom is 0.229 e. The van der Waals surface area contributed by atoms with Gasteiger partial charge >= 0.3 is 0 Å². The SMILES string of the molecule is CCC1(c2ccc(F)cc2)CN=C2/C(=C/c3ccc(-n4cnc(C)c4)c(OC)c3)CCC(=O)N21. The van der Waals surface area contributed by atoms with Gasteiger partial charge in [-0.25, -0.2) is 9.37 Å². The number of benzene rings is 2. The number of methoxy groups -OCH3 is 1. The molecule has 2 aromatic carbocycles. The molecule has 0 aliphatic carbocycles. The number of nitrogens with zero attached hydrogens (tertiary/aromatic N) is 4. The van der Waals surface area contributed by atoms with Gasteiger partial charge in [0.15, 0.2) is 0 Å². The Morgan fingerprint density at radius 1 is 1.18 bits per heavy atom. The van der Waals surface area contributed by atoms with Crippen molar-refractivity contribution in [3.05, 3.63) is 83.2 Å². The number of carbonyl (C=O) groups excluding carboxylic acids is 1. The van der Waals surface area contributed by atoms with Gasteiger partial charge in [-0.15, -0.1) is 0 Å². The fraction of sp³-hybridized carbons (Fsp3) is 0.296. The number of rotatable bonds is 5. The molecule has 1 atom stereocenters. The minimum absolute atomic E-state index is 0.0583. The Hall–Kier alpha value is -3.74. The normalized spacial score (nSPS) is 21.1. The molecule has 34 heavy (non-hydrogen) atoms. The number of halogens is 1. The molecule has 0 saturated carbocycles. The third kappa shape index (κ3) is 3.61. The van der Waals surface area contributed by atoms with E-state index >= 15 is 0 Å². The van der Waals surface area contributed by atoms with E-state index in [1.807, 2.05) is 40.8 Å². The average Bonchev–Trinajstić information content (AvgIpc) is 3.46. The highest BCUT2D eigenvalue weighted by Gasteiger charge is 2.48. The second-order valence-electron chi connectivity index (χ2n) is 8.78. The van der Waals surface area contributed by atoms with E-state index in [0.717, 1.165) is 39.7 Å². The lowest BCUT2D eigenvalue weighted by Gasteiger charge is -2.41. The van der Waals surface area contributed by atoms with Gasteiger partial charge in [-0.05, 0) is 66.8 Å². The van der Waals surface area contributed by atoms with Crippen molar-refractivity contribution in [3.63, 3.8) is 0 Å². The summed E-state index contributed by atoms with van der Waals surface area (Å²) in [6.45, 7) is 4.47. The van der Waals surface area contributed by atoms with Crippen molar-refractivity contribution in [2.45, 2.75) is 38.6 Å². The number of hydrogen-bond donors (Lipinski definition) is 0. The molecule has 2 aliphatic rings. The van der Waals surface area contributed by atoms with E-state index in [4.69, 9.17) is 9.73 Å². The largest absolute Gasteiger partial charge is 0.495 e. The predicted molar refractivity (Wildman–Crippen MR) is 130 cm³/mol. The smallest absolute Gasteiger partial charge is 0.229 e. The van der Waals surface area contributed by atoms with Crippen molar-refractivity contribution >= 4 is 17.8 Å². The quantitative estimate of drug-likeness (QED) is 0.538. The molecular formula is C27H27FN4O2. The molecule has 5 rings (SSSR count). The van der Waals surface area contributed by atoms with Gasteiger partial charge in [-0.2, -0.15) is 0 Å². The number of aromatic nitrogens is 2. The van der Waals surface area contributed by atoms with E-state index in [1.165, 1.54) is 12.1 Å². The third-order valence-corrected chi connectivity index (χ3v) is 6.78. The zero-order chi connectivity index (χ0) is 23.9. The van der Waals surface area contributed by atoms with Crippen LogP contribution in [0.4, 0.5) is 4.39 Å². The van der Waals surface area contributed by atoms with Crippen molar-refractivity contribution in [2.24, 2.45) is 4.99 Å². The van der Waals surface area contributed by atoms with Crippen LogP contribution in [0, 0.1) is 12.7 Å². The Morgan fingerprint density at radius 3 is 2.65 bits per heavy atom. The molecule has 1 fully saturated rings. The van der Waals surface area contributed by atoms with E-state index < -0.39 is 5.54 Å². The Morgan fingerprint density at radius 2 is 1.97 bits per heavy atom. The second kappa shape index (κ2) is 8.56. The molecule has 1 saturated heterocycles. The minimum Gasteiger partial charge on any atom is -0.495 e. The summed E-state index contributed by atoms with van der Waals surface area (Å²) in [5.41, 5.74) is 4.16. The number of carbonyl (C=O) groups is 1. The molecule has 1 unspecified atom stereocenters. The lowest BCUT2D eigenvalue weighted by atomic mass is 9.84. The molecule has 0 spiro atoms. The van der Waals surface area contributed by atoms with Crippen LogP contribution >= 0.6 is 0 Å². The van der Waals surface area contributed by atoms with Crippen LogP contribution in [0.1, 0.15) is 43.0 Å². The number of amidine groups is 1. The van der Waals surface area contributed by atoms with Crippen LogP contribution in [0.15, 0.2) is 65.6 Å². The summed E-state index contributed by atoms with van der Waals surface area (Å²) >= 11 is 0. The Kier molecular flexibility index (Phi) is 5.55. The predicted octanol–water partition coefficient (Wildman–Crippen LogP) is 5.05. The number of hydrogen-bond acceptors (Lipinski definition) is 4. The van der Waals surface area contributed by atoms with Gasteiger partial charge in [0.2, 0.25) is 5.91 Å². The molecule has 0 radical (unpaired) electrons. The number of piperidine rings is 1. The van der Waals surface area contributed by atoms with Crippen LogP contribution in [0.3, 0.4) is 0 Å². The van der Waals surface area contributed by atoms with Crippen molar-refractivity contribution < 1.29 is 13.9 Å². The van der Waals surface area contributed by atoms with E-state index in [-0.39, 0.29) is 11.7 Å². The van der Waals surface area contributed by atoms with Crippen molar-refractivity contribution in [2.75, 3.05) is 13.7 Å². The summed E-state index contributed by atoms with van der Waals surface area (Å²) in [4.78, 5) is 24.1. The van der Waals surface area contributed by atoms with Gasteiger partial charge in [0.25, 0.3) is 0 Å². The minimum atomic E-state index is -0.583. The van der Waals surface area contributed by atoms with Crippen molar-refractivity contribution in [1.82, 2.24) is 14.5 Å². The highest BCUT2D eigenvalue weighted by molar-refractivity contribution is 6.14. The fourth-order valence-corrected chi connectivity index (χ4v) is 4.96. The number of ether oxygens (including phenoxy) is 1. The van der Waals surface area contributed by atoms with Crippen molar-refractivity contribution in [3.8, 4) is 11.4 Å². The van der Waals surface area contributed by atoms with Crippen molar-refractivity contribution in [1.29, 1.82) is 0 Å². The van der Waals surface area contributed by atoms with E-state index in [2.05, 4.69) is 18.0 Å². The molecule has 6 nitrogen and oxygen atoms in total. The summed E-state index contributed by atoms with van der Waals surface area (Å²) < 4.78 is 21.2. The topological polar surface area (TPSA) is 59.7 Å². The second-order valence-corrected chi connectivity index (χ2v) is 8.78. The molecule has 3 heterocycles. The molecule has 2 aliphatic heterocycles. The average molecular weight is 459 g/mol. The van der Waals surface area contributed by atoms with Gasteiger partial charge in [0.05, 0.1) is 36.9 Å². The fourth-order valence-electron chi connectivity index (χ4n) is 4.96. The van der Waals surface area contributed by atoms with Gasteiger partial charge in [-0.1, -0.05) is 25.1 Å². The molecule has 0 bridgehead atoms. The molecule has 7 heteroatoms. The van der Waals surface area contributed by atoms with Crippen LogP contribution in [-0.4, -0.2) is 39.8 Å². The number of aliphatic imine (C=N–C) groups is 1. The maximum absolute atomic E-state index is 13.6. The summed E-state index contributed by atoms with van der Waals surface area (Å²) in [5, 5.41) is 0. The Labute approximate surface area is 198 Å². The number of aryl methyl sites for hydroxylation is 1. The first-order chi connectivity index (χ1) is 16.4. The summed E-state index contributed by atoms with van der Waals surface area (Å²) in [5.74, 6) is 1.22. The first kappa shape index (κ1) is 22.1. The highest BCUT2D eigenvalue weighted by atomic mass is 19.1.